The van der Waals surface area contributed by atoms with Crippen LogP contribution in [0.4, 0.5) is 0 Å². The lowest BCUT2D eigenvalue weighted by molar-refractivity contribution is -0.120. The average molecular weight is 287 g/mol. The van der Waals surface area contributed by atoms with Crippen LogP contribution in [0, 0.1) is 25.2 Å². The second-order valence-electron chi connectivity index (χ2n) is 5.21. The molecule has 5 nitrogen and oxygen atoms in total. The minimum Gasteiger partial charge on any atom is -0.368 e. The Kier molecular flexibility index (Phi) is 6.41. The molecule has 0 saturated heterocycles. The van der Waals surface area contributed by atoms with Crippen LogP contribution in [0.1, 0.15) is 47.2 Å². The molecule has 0 aliphatic rings. The van der Waals surface area contributed by atoms with Gasteiger partial charge in [-0.05, 0) is 45.2 Å². The van der Waals surface area contributed by atoms with Crippen molar-refractivity contribution in [2.45, 2.75) is 45.6 Å². The second-order valence-corrected chi connectivity index (χ2v) is 5.21. The monoisotopic (exact) mass is 287 g/mol. The van der Waals surface area contributed by atoms with Gasteiger partial charge in [0.15, 0.2) is 0 Å². The number of benzene rings is 1. The number of amides is 2. The SMILES string of the molecule is Cc1cc(C)cc(C(=O)N[C@H](CCCCC#N)C(N)=O)c1. The summed E-state index contributed by atoms with van der Waals surface area (Å²) in [4.78, 5) is 23.6. The number of rotatable bonds is 7. The Bertz CT molecular complexity index is 541. The second kappa shape index (κ2) is 8.05. The van der Waals surface area contributed by atoms with Crippen molar-refractivity contribution in [3.8, 4) is 6.07 Å². The van der Waals surface area contributed by atoms with Crippen molar-refractivity contribution >= 4 is 11.8 Å². The minimum atomic E-state index is -0.697. The molecule has 3 N–H and O–H groups in total. The number of primary amides is 1. The third-order valence-corrected chi connectivity index (χ3v) is 3.16. The molecular formula is C16H21N3O2. The molecule has 0 bridgehead atoms. The molecular weight excluding hydrogens is 266 g/mol. The molecule has 0 radical (unpaired) electrons. The molecule has 21 heavy (non-hydrogen) atoms. The number of carbonyl (C=O) groups excluding carboxylic acids is 2. The van der Waals surface area contributed by atoms with E-state index in [-0.39, 0.29) is 5.91 Å². The van der Waals surface area contributed by atoms with Gasteiger partial charge in [0.25, 0.3) is 5.91 Å². The molecule has 0 aliphatic heterocycles. The van der Waals surface area contributed by atoms with Crippen LogP contribution in [0.3, 0.4) is 0 Å². The molecule has 1 aromatic rings. The van der Waals surface area contributed by atoms with E-state index in [2.05, 4.69) is 5.32 Å². The van der Waals surface area contributed by atoms with Gasteiger partial charge in [-0.15, -0.1) is 0 Å². The summed E-state index contributed by atoms with van der Waals surface area (Å²) in [6.07, 6.45) is 2.26. The van der Waals surface area contributed by atoms with Crippen LogP contribution in [-0.4, -0.2) is 17.9 Å². The van der Waals surface area contributed by atoms with Gasteiger partial charge in [0, 0.05) is 12.0 Å². The number of hydrogen-bond donors (Lipinski definition) is 2. The van der Waals surface area contributed by atoms with E-state index in [1.54, 1.807) is 12.1 Å². The highest BCUT2D eigenvalue weighted by Crippen LogP contribution is 2.10. The first-order valence-electron chi connectivity index (χ1n) is 6.99. The number of aryl methyl sites for hydroxylation is 2. The molecule has 0 heterocycles. The highest BCUT2D eigenvalue weighted by atomic mass is 16.2. The van der Waals surface area contributed by atoms with Crippen molar-refractivity contribution in [1.29, 1.82) is 5.26 Å². The van der Waals surface area contributed by atoms with Crippen molar-refractivity contribution in [2.24, 2.45) is 5.73 Å². The van der Waals surface area contributed by atoms with Crippen molar-refractivity contribution < 1.29 is 9.59 Å². The fourth-order valence-electron chi connectivity index (χ4n) is 2.19. The van der Waals surface area contributed by atoms with Crippen molar-refractivity contribution in [3.63, 3.8) is 0 Å². The van der Waals surface area contributed by atoms with E-state index < -0.39 is 11.9 Å². The molecule has 2 amide bonds. The van der Waals surface area contributed by atoms with Crippen molar-refractivity contribution in [2.75, 3.05) is 0 Å². The summed E-state index contributed by atoms with van der Waals surface area (Å²) in [7, 11) is 0. The Morgan fingerprint density at radius 1 is 1.24 bits per heavy atom. The minimum absolute atomic E-state index is 0.300. The Morgan fingerprint density at radius 2 is 1.86 bits per heavy atom. The zero-order valence-electron chi connectivity index (χ0n) is 12.5. The number of nitrogens with two attached hydrogens (primary N) is 1. The maximum Gasteiger partial charge on any atom is 0.251 e. The van der Waals surface area contributed by atoms with Crippen LogP contribution in [0.2, 0.25) is 0 Å². The molecule has 0 unspecified atom stereocenters. The summed E-state index contributed by atoms with van der Waals surface area (Å²) in [5.41, 5.74) is 7.82. The Hall–Kier alpha value is -2.35. The largest absolute Gasteiger partial charge is 0.368 e. The van der Waals surface area contributed by atoms with Crippen LogP contribution < -0.4 is 11.1 Å². The highest BCUT2D eigenvalue weighted by molar-refractivity contribution is 5.97. The smallest absolute Gasteiger partial charge is 0.251 e. The Balaban J connectivity index is 2.68. The fourth-order valence-corrected chi connectivity index (χ4v) is 2.19. The quantitative estimate of drug-likeness (QED) is 0.750. The zero-order chi connectivity index (χ0) is 15.8. The normalized spacial score (nSPS) is 11.5. The standard InChI is InChI=1S/C16H21N3O2/c1-11-8-12(2)10-13(9-11)16(21)19-14(15(18)20)6-4-3-5-7-17/h8-10,14H,3-6H2,1-2H3,(H2,18,20)(H,19,21)/t14-/m1/s1. The summed E-state index contributed by atoms with van der Waals surface area (Å²) in [6, 6.07) is 6.87. The van der Waals surface area contributed by atoms with Gasteiger partial charge in [0.05, 0.1) is 6.07 Å². The van der Waals surface area contributed by atoms with Gasteiger partial charge in [-0.25, -0.2) is 0 Å². The van der Waals surface area contributed by atoms with Gasteiger partial charge < -0.3 is 11.1 Å². The number of unbranched alkanes of at least 4 members (excludes halogenated alkanes) is 2. The van der Waals surface area contributed by atoms with Crippen LogP contribution in [0.15, 0.2) is 18.2 Å². The molecule has 5 heteroatoms. The predicted octanol–water partition coefficient (Wildman–Crippen LogP) is 1.97. The van der Waals surface area contributed by atoms with Crippen LogP contribution >= 0.6 is 0 Å². The van der Waals surface area contributed by atoms with E-state index in [4.69, 9.17) is 11.0 Å². The molecule has 0 aromatic heterocycles. The number of carbonyl (C=O) groups is 2. The topological polar surface area (TPSA) is 96.0 Å². The maximum atomic E-state index is 12.2. The van der Waals surface area contributed by atoms with Crippen molar-refractivity contribution in [3.05, 3.63) is 34.9 Å². The maximum absolute atomic E-state index is 12.2. The predicted molar refractivity (Wildman–Crippen MR) is 80.4 cm³/mol. The van der Waals surface area contributed by atoms with Crippen LogP contribution in [0.25, 0.3) is 0 Å². The highest BCUT2D eigenvalue weighted by Gasteiger charge is 2.18. The number of hydrogen-bond acceptors (Lipinski definition) is 3. The van der Waals surface area contributed by atoms with E-state index >= 15 is 0 Å². The molecule has 1 rings (SSSR count). The number of nitriles is 1. The Morgan fingerprint density at radius 3 is 2.38 bits per heavy atom. The summed E-state index contributed by atoms with van der Waals surface area (Å²) < 4.78 is 0. The van der Waals surface area contributed by atoms with Gasteiger partial charge in [-0.1, -0.05) is 17.2 Å². The van der Waals surface area contributed by atoms with Gasteiger partial charge in [-0.3, -0.25) is 9.59 Å². The van der Waals surface area contributed by atoms with Gasteiger partial charge in [0.1, 0.15) is 6.04 Å². The summed E-state index contributed by atoms with van der Waals surface area (Å²) >= 11 is 0. The molecule has 0 fully saturated rings. The van der Waals surface area contributed by atoms with E-state index in [9.17, 15) is 9.59 Å². The third kappa shape index (κ3) is 5.65. The molecule has 1 atom stereocenters. The molecule has 1 aromatic carbocycles. The first-order chi connectivity index (χ1) is 9.93. The van der Waals surface area contributed by atoms with E-state index in [1.165, 1.54) is 0 Å². The Labute approximate surface area is 125 Å². The van der Waals surface area contributed by atoms with E-state index in [0.29, 0.717) is 31.2 Å². The molecule has 0 aliphatic carbocycles. The lowest BCUT2D eigenvalue weighted by atomic mass is 10.0. The first-order valence-corrected chi connectivity index (χ1v) is 6.99. The van der Waals surface area contributed by atoms with Crippen molar-refractivity contribution in [1.82, 2.24) is 5.32 Å². The molecule has 0 spiro atoms. The van der Waals surface area contributed by atoms with Crippen LogP contribution in [0.5, 0.6) is 0 Å². The fraction of sp³-hybridized carbons (Fsp3) is 0.438. The third-order valence-electron chi connectivity index (χ3n) is 3.16. The zero-order valence-corrected chi connectivity index (χ0v) is 12.5. The summed E-state index contributed by atoms with van der Waals surface area (Å²) in [5.74, 6) is -0.851. The summed E-state index contributed by atoms with van der Waals surface area (Å²) in [6.45, 7) is 3.83. The van der Waals surface area contributed by atoms with Gasteiger partial charge in [-0.2, -0.15) is 5.26 Å². The van der Waals surface area contributed by atoms with Gasteiger partial charge >= 0.3 is 0 Å². The first kappa shape index (κ1) is 16.7. The van der Waals surface area contributed by atoms with E-state index in [1.807, 2.05) is 26.0 Å². The summed E-state index contributed by atoms with van der Waals surface area (Å²) in [5, 5.41) is 11.1. The number of nitrogens with zero attached hydrogens (tertiary/aromatic N) is 1. The van der Waals surface area contributed by atoms with Gasteiger partial charge in [0.2, 0.25) is 5.91 Å². The number of nitrogens with one attached hydrogen (secondary N) is 1. The lowest BCUT2D eigenvalue weighted by Gasteiger charge is -2.15. The molecule has 0 saturated carbocycles. The lowest BCUT2D eigenvalue weighted by Crippen LogP contribution is -2.44. The van der Waals surface area contributed by atoms with Crippen LogP contribution in [-0.2, 0) is 4.79 Å². The van der Waals surface area contributed by atoms with E-state index in [0.717, 1.165) is 11.1 Å². The average Bonchev–Trinajstić information content (AvgIpc) is 2.40. The molecule has 112 valence electrons.